The number of oxazole rings is 1. The molecular weight excluding hydrogens is 413 g/mol. The molecule has 0 radical (unpaired) electrons. The van der Waals surface area contributed by atoms with Gasteiger partial charge < -0.3 is 14.5 Å². The van der Waals surface area contributed by atoms with Gasteiger partial charge in [-0.15, -0.1) is 0 Å². The fourth-order valence-electron chi connectivity index (χ4n) is 2.68. The van der Waals surface area contributed by atoms with Gasteiger partial charge in [0.15, 0.2) is 11.7 Å². The second-order valence-electron chi connectivity index (χ2n) is 6.27. The maximum Gasteiger partial charge on any atom is 0.265 e. The highest BCUT2D eigenvalue weighted by Gasteiger charge is 2.17. The van der Waals surface area contributed by atoms with Crippen LogP contribution in [0.3, 0.4) is 0 Å². The Bertz CT molecular complexity index is 1180. The zero-order valence-electron chi connectivity index (χ0n) is 15.2. The largest absolute Gasteiger partial charge is 0.479 e. The van der Waals surface area contributed by atoms with Crippen molar-refractivity contribution in [1.82, 2.24) is 9.97 Å². The van der Waals surface area contributed by atoms with Gasteiger partial charge in [-0.3, -0.25) is 9.78 Å². The number of fused-ring (bicyclic) bond motifs is 1. The number of amides is 1. The quantitative estimate of drug-likeness (QED) is 0.448. The van der Waals surface area contributed by atoms with Gasteiger partial charge in [-0.1, -0.05) is 23.2 Å². The number of pyridine rings is 1. The van der Waals surface area contributed by atoms with Gasteiger partial charge in [0.1, 0.15) is 11.3 Å². The Hall–Kier alpha value is -3.09. The van der Waals surface area contributed by atoms with Crippen molar-refractivity contribution in [1.29, 1.82) is 0 Å². The number of hydrogen-bond donors (Lipinski definition) is 1. The number of anilines is 1. The number of benzene rings is 2. The molecule has 6 nitrogen and oxygen atoms in total. The van der Waals surface area contributed by atoms with Crippen LogP contribution in [0.15, 0.2) is 65.3 Å². The average molecular weight is 428 g/mol. The minimum Gasteiger partial charge on any atom is -0.479 e. The minimum atomic E-state index is -0.771. The van der Waals surface area contributed by atoms with Gasteiger partial charge in [0, 0.05) is 23.1 Å². The van der Waals surface area contributed by atoms with E-state index in [1.54, 1.807) is 55.7 Å². The summed E-state index contributed by atoms with van der Waals surface area (Å²) in [5, 5.41) is 3.64. The van der Waals surface area contributed by atoms with Gasteiger partial charge in [0.05, 0.1) is 10.6 Å². The average Bonchev–Trinajstić information content (AvgIpc) is 3.14. The Morgan fingerprint density at radius 3 is 2.79 bits per heavy atom. The van der Waals surface area contributed by atoms with Crippen molar-refractivity contribution >= 4 is 45.9 Å². The zero-order valence-corrected chi connectivity index (χ0v) is 16.7. The molecule has 0 saturated heterocycles. The molecule has 2 aromatic heterocycles. The van der Waals surface area contributed by atoms with Crippen molar-refractivity contribution < 1.29 is 13.9 Å². The summed E-state index contributed by atoms with van der Waals surface area (Å²) in [7, 11) is 0. The summed E-state index contributed by atoms with van der Waals surface area (Å²) in [6, 6.07) is 13.7. The minimum absolute atomic E-state index is 0.327. The van der Waals surface area contributed by atoms with Gasteiger partial charge in [-0.05, 0) is 55.5 Å². The number of aromatic nitrogens is 2. The van der Waals surface area contributed by atoms with Gasteiger partial charge in [-0.2, -0.15) is 0 Å². The molecule has 0 fully saturated rings. The van der Waals surface area contributed by atoms with E-state index in [2.05, 4.69) is 15.3 Å². The van der Waals surface area contributed by atoms with Gasteiger partial charge >= 0.3 is 0 Å². The maximum atomic E-state index is 12.5. The van der Waals surface area contributed by atoms with Gasteiger partial charge in [0.25, 0.3) is 5.91 Å². The summed E-state index contributed by atoms with van der Waals surface area (Å²) in [6.45, 7) is 1.63. The van der Waals surface area contributed by atoms with E-state index in [9.17, 15) is 4.79 Å². The number of rotatable bonds is 5. The third kappa shape index (κ3) is 4.34. The molecule has 0 saturated carbocycles. The van der Waals surface area contributed by atoms with E-state index in [-0.39, 0.29) is 5.91 Å². The number of hydrogen-bond acceptors (Lipinski definition) is 5. The molecule has 146 valence electrons. The summed E-state index contributed by atoms with van der Waals surface area (Å²) < 4.78 is 11.4. The molecule has 0 aliphatic rings. The first kappa shape index (κ1) is 19.2. The van der Waals surface area contributed by atoms with Crippen molar-refractivity contribution in [3.8, 4) is 17.2 Å². The van der Waals surface area contributed by atoms with Crippen molar-refractivity contribution in [3.63, 3.8) is 0 Å². The van der Waals surface area contributed by atoms with Gasteiger partial charge in [0.2, 0.25) is 5.89 Å². The zero-order chi connectivity index (χ0) is 20.4. The topological polar surface area (TPSA) is 77.2 Å². The number of nitrogens with one attached hydrogen (secondary N) is 1. The first-order chi connectivity index (χ1) is 14.0. The van der Waals surface area contributed by atoms with Crippen LogP contribution in [0.1, 0.15) is 6.92 Å². The predicted octanol–water partition coefficient (Wildman–Crippen LogP) is 5.60. The molecule has 8 heteroatoms. The summed E-state index contributed by atoms with van der Waals surface area (Å²) in [6.07, 6.45) is 2.59. The molecular formula is C21H15Cl2N3O3. The lowest BCUT2D eigenvalue weighted by molar-refractivity contribution is -0.122. The summed E-state index contributed by atoms with van der Waals surface area (Å²) in [5.41, 5.74) is 2.58. The molecule has 4 aromatic rings. The van der Waals surface area contributed by atoms with E-state index >= 15 is 0 Å². The number of halogens is 2. The Balaban J connectivity index is 1.48. The highest BCUT2D eigenvalue weighted by Crippen LogP contribution is 2.29. The van der Waals surface area contributed by atoms with Crippen LogP contribution < -0.4 is 10.1 Å². The fraction of sp³-hybridized carbons (Fsp3) is 0.0952. The van der Waals surface area contributed by atoms with Crippen LogP contribution in [0.4, 0.5) is 5.69 Å². The summed E-state index contributed by atoms with van der Waals surface area (Å²) >= 11 is 12.0. The number of nitrogens with zero attached hydrogens (tertiary/aromatic N) is 2. The van der Waals surface area contributed by atoms with Crippen LogP contribution in [-0.2, 0) is 4.79 Å². The van der Waals surface area contributed by atoms with Crippen LogP contribution in [-0.4, -0.2) is 22.0 Å². The lowest BCUT2D eigenvalue weighted by Crippen LogP contribution is -2.30. The lowest BCUT2D eigenvalue weighted by Gasteiger charge is -2.15. The van der Waals surface area contributed by atoms with E-state index in [1.807, 2.05) is 12.1 Å². The Labute approximate surface area is 176 Å². The van der Waals surface area contributed by atoms with Crippen LogP contribution in [0.2, 0.25) is 10.0 Å². The Morgan fingerprint density at radius 1 is 1.17 bits per heavy atom. The Kier molecular flexibility index (Phi) is 5.38. The normalized spacial score (nSPS) is 12.0. The first-order valence-corrected chi connectivity index (χ1v) is 9.49. The third-order valence-electron chi connectivity index (χ3n) is 4.13. The van der Waals surface area contributed by atoms with E-state index in [1.165, 1.54) is 0 Å². The second-order valence-corrected chi connectivity index (χ2v) is 7.11. The molecule has 1 atom stereocenters. The summed E-state index contributed by atoms with van der Waals surface area (Å²) in [5.74, 6) is 0.517. The van der Waals surface area contributed by atoms with Crippen LogP contribution in [0, 0.1) is 0 Å². The molecule has 0 aliphatic heterocycles. The molecule has 0 aliphatic carbocycles. The smallest absolute Gasteiger partial charge is 0.265 e. The molecule has 4 rings (SSSR count). The highest BCUT2D eigenvalue weighted by molar-refractivity contribution is 6.35. The van der Waals surface area contributed by atoms with Crippen molar-refractivity contribution in [2.75, 3.05) is 5.32 Å². The molecule has 0 unspecified atom stereocenters. The van der Waals surface area contributed by atoms with E-state index in [0.29, 0.717) is 38.5 Å². The van der Waals surface area contributed by atoms with Crippen LogP contribution >= 0.6 is 23.2 Å². The van der Waals surface area contributed by atoms with E-state index in [0.717, 1.165) is 5.56 Å². The monoisotopic (exact) mass is 427 g/mol. The third-order valence-corrected chi connectivity index (χ3v) is 4.66. The lowest BCUT2D eigenvalue weighted by atomic mass is 10.2. The molecule has 0 spiro atoms. The molecule has 29 heavy (non-hydrogen) atoms. The van der Waals surface area contributed by atoms with E-state index in [4.69, 9.17) is 32.4 Å². The molecule has 0 bridgehead atoms. The highest BCUT2D eigenvalue weighted by atomic mass is 35.5. The van der Waals surface area contributed by atoms with Crippen LogP contribution in [0.25, 0.3) is 22.6 Å². The van der Waals surface area contributed by atoms with Crippen LogP contribution in [0.5, 0.6) is 5.75 Å². The number of carbonyl (C=O) groups excluding carboxylic acids is 1. The maximum absolute atomic E-state index is 12.5. The number of ether oxygens (including phenoxy) is 1. The standard InChI is InChI=1S/C21H15Cl2N3O3/c1-12(28-18-6-4-14(22)9-16(18)23)20(27)25-15-5-7-19-17(10-15)26-21(29-19)13-3-2-8-24-11-13/h2-12H,1H3,(H,25,27)/t12-/m0/s1. The molecule has 2 heterocycles. The summed E-state index contributed by atoms with van der Waals surface area (Å²) in [4.78, 5) is 21.0. The number of carbonyl (C=O) groups is 1. The predicted molar refractivity (Wildman–Crippen MR) is 112 cm³/mol. The molecule has 1 amide bonds. The molecule has 2 aromatic carbocycles. The van der Waals surface area contributed by atoms with E-state index < -0.39 is 6.10 Å². The second kappa shape index (κ2) is 8.11. The van der Waals surface area contributed by atoms with Crippen molar-refractivity contribution in [2.24, 2.45) is 0 Å². The Morgan fingerprint density at radius 2 is 2.03 bits per heavy atom. The van der Waals surface area contributed by atoms with Crippen molar-refractivity contribution in [2.45, 2.75) is 13.0 Å². The first-order valence-electron chi connectivity index (χ1n) is 8.73. The SMILES string of the molecule is C[C@H](Oc1ccc(Cl)cc1Cl)C(=O)Nc1ccc2oc(-c3cccnc3)nc2c1. The van der Waals surface area contributed by atoms with Crippen molar-refractivity contribution in [3.05, 3.63) is 71.0 Å². The fourth-order valence-corrected chi connectivity index (χ4v) is 3.13. The molecule has 1 N–H and O–H groups in total. The van der Waals surface area contributed by atoms with Gasteiger partial charge in [-0.25, -0.2) is 4.98 Å².